The molecule has 0 radical (unpaired) electrons. The third-order valence-corrected chi connectivity index (χ3v) is 6.03. The van der Waals surface area contributed by atoms with Crippen LogP contribution in [0.15, 0.2) is 67.1 Å². The molecule has 0 atom stereocenters. The van der Waals surface area contributed by atoms with Crippen LogP contribution in [0.4, 0.5) is 13.2 Å². The quantitative estimate of drug-likeness (QED) is 0.551. The van der Waals surface area contributed by atoms with Gasteiger partial charge in [-0.05, 0) is 55.2 Å². The number of alkyl halides is 3. The van der Waals surface area contributed by atoms with Gasteiger partial charge in [0.1, 0.15) is 0 Å². The number of nitriles is 1. The molecule has 0 bridgehead atoms. The van der Waals surface area contributed by atoms with Gasteiger partial charge in [0, 0.05) is 37.2 Å². The number of amides is 1. The van der Waals surface area contributed by atoms with Gasteiger partial charge >= 0.3 is 6.18 Å². The lowest BCUT2D eigenvalue weighted by Gasteiger charge is -2.37. The molecule has 3 aromatic rings. The maximum Gasteiger partial charge on any atom is 0.416 e. The first-order chi connectivity index (χ1) is 15.8. The Morgan fingerprint density at radius 2 is 1.79 bits per heavy atom. The molecule has 0 aliphatic carbocycles. The maximum absolute atomic E-state index is 13.3. The summed E-state index contributed by atoms with van der Waals surface area (Å²) in [5.74, 6) is -0.180. The lowest BCUT2D eigenvalue weighted by atomic mass is 9.75. The molecule has 0 N–H and O–H groups in total. The number of likely N-dealkylation sites (tertiary alicyclic amines) is 1. The molecular formula is C25H21F3N4O. The molecule has 1 saturated heterocycles. The number of piperidine rings is 1. The van der Waals surface area contributed by atoms with Crippen molar-refractivity contribution in [1.29, 1.82) is 5.26 Å². The summed E-state index contributed by atoms with van der Waals surface area (Å²) in [4.78, 5) is 23.3. The summed E-state index contributed by atoms with van der Waals surface area (Å²) in [6, 6.07) is 14.4. The Labute approximate surface area is 189 Å². The highest BCUT2D eigenvalue weighted by Gasteiger charge is 2.38. The summed E-state index contributed by atoms with van der Waals surface area (Å²) in [7, 11) is 0. The molecule has 0 saturated carbocycles. The molecule has 0 spiro atoms. The summed E-state index contributed by atoms with van der Waals surface area (Å²) < 4.78 is 39.2. The Bertz CT molecular complexity index is 1180. The van der Waals surface area contributed by atoms with Crippen molar-refractivity contribution in [3.8, 4) is 17.3 Å². The van der Waals surface area contributed by atoms with Crippen molar-refractivity contribution < 1.29 is 18.0 Å². The van der Waals surface area contributed by atoms with Gasteiger partial charge in [-0.15, -0.1) is 0 Å². The van der Waals surface area contributed by atoms with Gasteiger partial charge in [-0.1, -0.05) is 18.2 Å². The number of carbonyl (C=O) groups excluding carboxylic acids is 1. The number of carbonyl (C=O) groups is 1. The van der Waals surface area contributed by atoms with Crippen LogP contribution in [0.3, 0.4) is 0 Å². The van der Waals surface area contributed by atoms with Crippen LogP contribution in [0.2, 0.25) is 0 Å². The average molecular weight is 450 g/mol. The monoisotopic (exact) mass is 450 g/mol. The van der Waals surface area contributed by atoms with Crippen molar-refractivity contribution in [2.45, 2.75) is 25.4 Å². The Morgan fingerprint density at radius 1 is 1.06 bits per heavy atom. The normalized spacial score (nSPS) is 15.6. The third-order valence-electron chi connectivity index (χ3n) is 6.03. The van der Waals surface area contributed by atoms with E-state index in [4.69, 9.17) is 0 Å². The van der Waals surface area contributed by atoms with E-state index in [2.05, 4.69) is 16.0 Å². The average Bonchev–Trinajstić information content (AvgIpc) is 2.84. The fraction of sp³-hybridized carbons (Fsp3) is 0.280. The Hall–Kier alpha value is -3.73. The second-order valence-electron chi connectivity index (χ2n) is 8.19. The lowest BCUT2D eigenvalue weighted by Crippen LogP contribution is -2.43. The molecular weight excluding hydrogens is 429 g/mol. The maximum atomic E-state index is 13.3. The number of pyridine rings is 2. The van der Waals surface area contributed by atoms with Gasteiger partial charge < -0.3 is 4.90 Å². The fourth-order valence-corrected chi connectivity index (χ4v) is 4.20. The summed E-state index contributed by atoms with van der Waals surface area (Å²) >= 11 is 0. The smallest absolute Gasteiger partial charge is 0.338 e. The molecule has 168 valence electrons. The largest absolute Gasteiger partial charge is 0.416 e. The van der Waals surface area contributed by atoms with Crippen LogP contribution in [0.5, 0.6) is 0 Å². The molecule has 2 aromatic heterocycles. The van der Waals surface area contributed by atoms with Crippen LogP contribution in [0.1, 0.15) is 34.3 Å². The van der Waals surface area contributed by atoms with Gasteiger partial charge in [0.25, 0.3) is 5.91 Å². The predicted octanol–water partition coefficient (Wildman–Crippen LogP) is 5.15. The highest BCUT2D eigenvalue weighted by atomic mass is 19.4. The van der Waals surface area contributed by atoms with Crippen LogP contribution in [-0.2, 0) is 12.6 Å². The molecule has 1 aromatic carbocycles. The minimum absolute atomic E-state index is 0.180. The van der Waals surface area contributed by atoms with Gasteiger partial charge in [-0.25, -0.2) is 0 Å². The molecule has 1 fully saturated rings. The Morgan fingerprint density at radius 3 is 2.45 bits per heavy atom. The molecule has 4 rings (SSSR count). The number of hydrogen-bond donors (Lipinski definition) is 0. The molecule has 0 unspecified atom stereocenters. The SMILES string of the molecule is N#CC1(Cc2cccc(C(F)(F)F)c2)CCN(C(=O)c2cccnc2-c2ccncc2)CC1. The van der Waals surface area contributed by atoms with Crippen LogP contribution in [-0.4, -0.2) is 33.9 Å². The van der Waals surface area contributed by atoms with E-state index in [0.29, 0.717) is 42.8 Å². The molecule has 5 nitrogen and oxygen atoms in total. The van der Waals surface area contributed by atoms with E-state index in [9.17, 15) is 23.2 Å². The van der Waals surface area contributed by atoms with Crippen molar-refractivity contribution >= 4 is 5.91 Å². The van der Waals surface area contributed by atoms with E-state index in [1.54, 1.807) is 53.8 Å². The highest BCUT2D eigenvalue weighted by Crippen LogP contribution is 2.37. The molecule has 1 aliphatic rings. The van der Waals surface area contributed by atoms with Gasteiger partial charge in [0.15, 0.2) is 0 Å². The van der Waals surface area contributed by atoms with Gasteiger partial charge in [0.05, 0.1) is 28.3 Å². The van der Waals surface area contributed by atoms with E-state index >= 15 is 0 Å². The third kappa shape index (κ3) is 4.87. The van der Waals surface area contributed by atoms with Crippen molar-refractivity contribution in [3.63, 3.8) is 0 Å². The van der Waals surface area contributed by atoms with E-state index in [0.717, 1.165) is 17.7 Å². The van der Waals surface area contributed by atoms with E-state index < -0.39 is 17.2 Å². The highest BCUT2D eigenvalue weighted by molar-refractivity contribution is 5.99. The number of rotatable bonds is 4. The number of aromatic nitrogens is 2. The molecule has 3 heterocycles. The molecule has 8 heteroatoms. The second kappa shape index (κ2) is 9.02. The first kappa shape index (κ1) is 22.5. The van der Waals surface area contributed by atoms with Crippen LogP contribution >= 0.6 is 0 Å². The second-order valence-corrected chi connectivity index (χ2v) is 8.19. The van der Waals surface area contributed by atoms with Crippen molar-refractivity contribution in [2.24, 2.45) is 5.41 Å². The Balaban J connectivity index is 1.50. The zero-order valence-corrected chi connectivity index (χ0v) is 17.7. The molecule has 1 amide bonds. The summed E-state index contributed by atoms with van der Waals surface area (Å²) in [5, 5.41) is 9.88. The summed E-state index contributed by atoms with van der Waals surface area (Å²) in [6.07, 6.45) is 1.44. The van der Waals surface area contributed by atoms with Crippen LogP contribution in [0.25, 0.3) is 11.3 Å². The van der Waals surface area contributed by atoms with Crippen molar-refractivity contribution in [3.05, 3.63) is 83.8 Å². The van der Waals surface area contributed by atoms with Crippen molar-refractivity contribution in [2.75, 3.05) is 13.1 Å². The zero-order chi connectivity index (χ0) is 23.5. The number of halogens is 3. The number of benzene rings is 1. The zero-order valence-electron chi connectivity index (χ0n) is 17.7. The van der Waals surface area contributed by atoms with Crippen molar-refractivity contribution in [1.82, 2.24) is 14.9 Å². The van der Waals surface area contributed by atoms with Gasteiger partial charge in [-0.3, -0.25) is 14.8 Å². The van der Waals surface area contributed by atoms with E-state index in [1.165, 1.54) is 6.07 Å². The summed E-state index contributed by atoms with van der Waals surface area (Å²) in [5.41, 5.74) is 0.738. The lowest BCUT2D eigenvalue weighted by molar-refractivity contribution is -0.137. The first-order valence-electron chi connectivity index (χ1n) is 10.5. The topological polar surface area (TPSA) is 69.9 Å². The van der Waals surface area contributed by atoms with Crippen LogP contribution < -0.4 is 0 Å². The first-order valence-corrected chi connectivity index (χ1v) is 10.5. The minimum Gasteiger partial charge on any atom is -0.338 e. The van der Waals surface area contributed by atoms with Gasteiger partial charge in [0.2, 0.25) is 0 Å². The summed E-state index contributed by atoms with van der Waals surface area (Å²) in [6.45, 7) is 0.687. The molecule has 1 aliphatic heterocycles. The van der Waals surface area contributed by atoms with Crippen LogP contribution in [0, 0.1) is 16.7 Å². The predicted molar refractivity (Wildman–Crippen MR) is 116 cm³/mol. The Kier molecular flexibility index (Phi) is 6.14. The number of nitrogens with zero attached hydrogens (tertiary/aromatic N) is 4. The standard InChI is InChI=1S/C25H21F3N4O/c26-25(27,28)20-4-1-3-18(15-20)16-24(17-29)8-13-32(14-9-24)23(33)21-5-2-10-31-22(21)19-6-11-30-12-7-19/h1-7,10-12,15H,8-9,13-14,16H2. The minimum atomic E-state index is -4.43. The fourth-order valence-electron chi connectivity index (χ4n) is 4.20. The van der Waals surface area contributed by atoms with Gasteiger partial charge in [-0.2, -0.15) is 18.4 Å². The molecule has 33 heavy (non-hydrogen) atoms. The van der Waals surface area contributed by atoms with E-state index in [-0.39, 0.29) is 12.3 Å². The number of hydrogen-bond acceptors (Lipinski definition) is 4. The van der Waals surface area contributed by atoms with E-state index in [1.807, 2.05) is 0 Å².